The van der Waals surface area contributed by atoms with Crippen LogP contribution in [0.3, 0.4) is 0 Å². The Hall–Kier alpha value is -4.35. The molecular weight excluding hydrogens is 568 g/mol. The number of amides is 2. The molecule has 2 unspecified atom stereocenters. The molecule has 3 saturated heterocycles. The number of hydrogen-bond acceptors (Lipinski definition) is 7. The van der Waals surface area contributed by atoms with Gasteiger partial charge in [0.2, 0.25) is 5.91 Å². The summed E-state index contributed by atoms with van der Waals surface area (Å²) in [5.74, 6) is 0.838. The Bertz CT molecular complexity index is 1780. The lowest BCUT2D eigenvalue weighted by Crippen LogP contribution is -2.48. The summed E-state index contributed by atoms with van der Waals surface area (Å²) in [5, 5.41) is 15.6. The Morgan fingerprint density at radius 1 is 1.11 bits per heavy atom. The molecule has 0 radical (unpaired) electrons. The third kappa shape index (κ3) is 4.94. The van der Waals surface area contributed by atoms with Gasteiger partial charge >= 0.3 is 0 Å². The summed E-state index contributed by atoms with van der Waals surface area (Å²) in [5.41, 5.74) is 4.62. The minimum absolute atomic E-state index is 0.0580. The molecule has 232 valence electrons. The van der Waals surface area contributed by atoms with Gasteiger partial charge in [-0.15, -0.1) is 0 Å². The van der Waals surface area contributed by atoms with Gasteiger partial charge in [-0.3, -0.25) is 14.3 Å². The molecule has 2 aromatic carbocycles. The van der Waals surface area contributed by atoms with Crippen LogP contribution in [-0.2, 0) is 21.4 Å². The van der Waals surface area contributed by atoms with Crippen molar-refractivity contribution in [2.45, 2.75) is 50.7 Å². The van der Waals surface area contributed by atoms with E-state index >= 15 is 0 Å². The third-order valence-corrected chi connectivity index (χ3v) is 10.00. The van der Waals surface area contributed by atoms with Crippen molar-refractivity contribution in [1.29, 1.82) is 0 Å². The Morgan fingerprint density at radius 2 is 1.96 bits per heavy atom. The van der Waals surface area contributed by atoms with E-state index in [1.165, 1.54) is 5.57 Å². The molecule has 3 fully saturated rings. The number of fused-ring (bicyclic) bond motifs is 1. The van der Waals surface area contributed by atoms with Crippen LogP contribution in [0, 0.1) is 5.41 Å². The maximum atomic E-state index is 14.2. The highest BCUT2D eigenvalue weighted by Crippen LogP contribution is 2.43. The number of rotatable bonds is 6. The van der Waals surface area contributed by atoms with Gasteiger partial charge in [0.25, 0.3) is 5.91 Å². The van der Waals surface area contributed by atoms with Gasteiger partial charge in [-0.05, 0) is 55.9 Å². The highest BCUT2D eigenvalue weighted by Gasteiger charge is 2.55. The van der Waals surface area contributed by atoms with Gasteiger partial charge in [0.15, 0.2) is 5.82 Å². The van der Waals surface area contributed by atoms with Crippen molar-refractivity contribution in [1.82, 2.24) is 34.9 Å². The molecule has 2 aromatic heterocycles. The lowest BCUT2D eigenvalue weighted by molar-refractivity contribution is -0.131. The number of carbonyl (C=O) groups is 2. The topological polar surface area (TPSA) is 110 Å². The lowest BCUT2D eigenvalue weighted by atomic mass is 9.83. The van der Waals surface area contributed by atoms with Gasteiger partial charge < -0.3 is 15.0 Å². The van der Waals surface area contributed by atoms with E-state index in [2.05, 4.69) is 39.7 Å². The summed E-state index contributed by atoms with van der Waals surface area (Å²) in [6, 6.07) is 16.1. The molecule has 3 atom stereocenters. The summed E-state index contributed by atoms with van der Waals surface area (Å²) in [4.78, 5) is 36.1. The van der Waals surface area contributed by atoms with Crippen molar-refractivity contribution < 1.29 is 14.3 Å². The normalized spacial score (nSPS) is 25.2. The van der Waals surface area contributed by atoms with Gasteiger partial charge in [-0.25, -0.2) is 9.99 Å². The Morgan fingerprint density at radius 3 is 2.67 bits per heavy atom. The summed E-state index contributed by atoms with van der Waals surface area (Å²) < 4.78 is 7.72. The van der Waals surface area contributed by atoms with E-state index in [0.717, 1.165) is 66.6 Å². The molecule has 1 N–H and O–H groups in total. The highest BCUT2D eigenvalue weighted by atomic mass is 16.5. The summed E-state index contributed by atoms with van der Waals surface area (Å²) in [6.07, 6.45) is 8.16. The van der Waals surface area contributed by atoms with Crippen LogP contribution in [0.4, 0.5) is 0 Å². The standard InChI is InChI=1S/C34H38N8O3/c1-39-22-36-32(38-39)25-10-8-23(9-11-25)24-12-16-40(17-13-24)30(43)19-26-20-34(14-15-35-21-34)33(44)41(26)42-28-6-3-2-5-27(28)31(37-42)29-7-4-18-45-29/h2-3,5-6,8-12,22,26,29,35H,4,7,13-21H2,1H3/t26?,29?,34-/m0/s1. The fourth-order valence-corrected chi connectivity index (χ4v) is 7.60. The summed E-state index contributed by atoms with van der Waals surface area (Å²) in [6.45, 7) is 3.37. The molecule has 2 amide bonds. The molecule has 11 heteroatoms. The molecule has 4 aliphatic heterocycles. The molecular formula is C34H38N8O3. The monoisotopic (exact) mass is 606 g/mol. The first kappa shape index (κ1) is 28.1. The zero-order chi connectivity index (χ0) is 30.5. The zero-order valence-corrected chi connectivity index (χ0v) is 25.6. The largest absolute Gasteiger partial charge is 0.372 e. The van der Waals surface area contributed by atoms with Crippen molar-refractivity contribution in [2.24, 2.45) is 12.5 Å². The molecule has 0 saturated carbocycles. The minimum Gasteiger partial charge on any atom is -0.372 e. The fraction of sp³-hybridized carbons (Fsp3) is 0.441. The minimum atomic E-state index is -0.506. The second-order valence-electron chi connectivity index (χ2n) is 12.9. The zero-order valence-electron chi connectivity index (χ0n) is 25.6. The van der Waals surface area contributed by atoms with Crippen LogP contribution < -0.4 is 10.3 Å². The Labute approximate surface area is 261 Å². The average Bonchev–Trinajstić information content (AvgIpc) is 3.91. The van der Waals surface area contributed by atoms with Crippen molar-refractivity contribution in [3.8, 4) is 11.4 Å². The SMILES string of the molecule is Cn1cnc(-c2ccc(C3=CCN(C(=O)CC4C[C@]5(CCNC5)C(=O)N4n4nc(C5CCCO5)c5ccccc54)CC3)cc2)n1. The van der Waals surface area contributed by atoms with Gasteiger partial charge in [0.05, 0.1) is 17.0 Å². The molecule has 8 rings (SSSR count). The highest BCUT2D eigenvalue weighted by molar-refractivity contribution is 5.98. The van der Waals surface area contributed by atoms with E-state index < -0.39 is 5.41 Å². The van der Waals surface area contributed by atoms with E-state index in [4.69, 9.17) is 9.84 Å². The summed E-state index contributed by atoms with van der Waals surface area (Å²) in [7, 11) is 1.86. The number of benzene rings is 2. The van der Waals surface area contributed by atoms with Crippen molar-refractivity contribution >= 4 is 28.3 Å². The molecule has 0 aliphatic carbocycles. The fourth-order valence-electron chi connectivity index (χ4n) is 7.60. The predicted molar refractivity (Wildman–Crippen MR) is 169 cm³/mol. The van der Waals surface area contributed by atoms with Gasteiger partial charge in [-0.1, -0.05) is 48.5 Å². The van der Waals surface area contributed by atoms with Crippen molar-refractivity contribution in [3.63, 3.8) is 0 Å². The van der Waals surface area contributed by atoms with Crippen LogP contribution in [0.15, 0.2) is 60.9 Å². The number of aromatic nitrogens is 5. The molecule has 0 bridgehead atoms. The summed E-state index contributed by atoms with van der Waals surface area (Å²) >= 11 is 0. The first-order chi connectivity index (χ1) is 22.0. The lowest BCUT2D eigenvalue weighted by Gasteiger charge is -2.30. The third-order valence-electron chi connectivity index (χ3n) is 10.00. The quantitative estimate of drug-likeness (QED) is 0.357. The van der Waals surface area contributed by atoms with E-state index in [1.807, 2.05) is 42.3 Å². The number of nitrogens with one attached hydrogen (secondary N) is 1. The van der Waals surface area contributed by atoms with Gasteiger partial charge in [0.1, 0.15) is 18.1 Å². The van der Waals surface area contributed by atoms with Crippen molar-refractivity contribution in [2.75, 3.05) is 37.8 Å². The van der Waals surface area contributed by atoms with Crippen molar-refractivity contribution in [3.05, 3.63) is 72.2 Å². The van der Waals surface area contributed by atoms with Crippen LogP contribution in [0.5, 0.6) is 0 Å². The second-order valence-corrected chi connectivity index (χ2v) is 12.9. The molecule has 4 aliphatic rings. The first-order valence-electron chi connectivity index (χ1n) is 16.1. The predicted octanol–water partition coefficient (Wildman–Crippen LogP) is 3.61. The first-order valence-corrected chi connectivity index (χ1v) is 16.1. The average molecular weight is 607 g/mol. The van der Waals surface area contributed by atoms with Gasteiger partial charge in [-0.2, -0.15) is 15.0 Å². The van der Waals surface area contributed by atoms with Crippen LogP contribution in [0.1, 0.15) is 55.9 Å². The number of hydrogen-bond donors (Lipinski definition) is 1. The molecule has 1 spiro atoms. The number of ether oxygens (including phenoxy) is 1. The second kappa shape index (κ2) is 11.2. The van der Waals surface area contributed by atoms with Crippen LogP contribution in [-0.4, -0.2) is 80.2 Å². The number of carbonyl (C=O) groups excluding carboxylic acids is 2. The smallest absolute Gasteiger partial charge is 0.250 e. The van der Waals surface area contributed by atoms with E-state index in [0.29, 0.717) is 31.9 Å². The molecule has 6 heterocycles. The maximum absolute atomic E-state index is 14.2. The number of aryl methyl sites for hydroxylation is 1. The number of nitrogens with zero attached hydrogens (tertiary/aromatic N) is 7. The van der Waals surface area contributed by atoms with Crippen LogP contribution in [0.25, 0.3) is 27.9 Å². The maximum Gasteiger partial charge on any atom is 0.250 e. The van der Waals surface area contributed by atoms with Crippen LogP contribution >= 0.6 is 0 Å². The van der Waals surface area contributed by atoms with E-state index in [9.17, 15) is 9.59 Å². The van der Waals surface area contributed by atoms with E-state index in [1.54, 1.807) is 20.8 Å². The Kier molecular flexibility index (Phi) is 7.02. The van der Waals surface area contributed by atoms with Gasteiger partial charge in [0, 0.05) is 50.7 Å². The molecule has 4 aromatic rings. The van der Waals surface area contributed by atoms with E-state index in [-0.39, 0.29) is 30.4 Å². The van der Waals surface area contributed by atoms with Crippen LogP contribution in [0.2, 0.25) is 0 Å². The molecule has 45 heavy (non-hydrogen) atoms. The Balaban J connectivity index is 1.02. The molecule has 11 nitrogen and oxygen atoms in total. The number of para-hydroxylation sites is 1.